The predicted molar refractivity (Wildman–Crippen MR) is 100 cm³/mol. The Labute approximate surface area is 148 Å². The molecule has 0 spiro atoms. The Kier molecular flexibility index (Phi) is 6.37. The fraction of sp³-hybridized carbons (Fsp3) is 0.474. The first-order valence-corrected chi connectivity index (χ1v) is 9.30. The molecule has 0 aliphatic heterocycles. The van der Waals surface area contributed by atoms with Gasteiger partial charge in [0.25, 0.3) is 0 Å². The van der Waals surface area contributed by atoms with Crippen LogP contribution in [0.5, 0.6) is 0 Å². The largest absolute Gasteiger partial charge is 0.331 e. The Hall–Kier alpha value is -1.88. The number of carbonyl (C=O) groups excluding carboxylic acids is 1. The van der Waals surface area contributed by atoms with Gasteiger partial charge in [0.2, 0.25) is 0 Å². The molecule has 0 saturated carbocycles. The maximum atomic E-state index is 12.6. The fourth-order valence-electron chi connectivity index (χ4n) is 2.63. The number of hydrogen-bond acceptors (Lipinski definition) is 3. The molecular weight excluding hydrogens is 318 g/mol. The summed E-state index contributed by atoms with van der Waals surface area (Å²) in [6, 6.07) is 8.44. The quantitative estimate of drug-likeness (QED) is 0.834. The monoisotopic (exact) mass is 345 g/mol. The number of thiazole rings is 1. The first kappa shape index (κ1) is 18.5. The Morgan fingerprint density at radius 1 is 1.29 bits per heavy atom. The van der Waals surface area contributed by atoms with Gasteiger partial charge >= 0.3 is 6.03 Å². The van der Waals surface area contributed by atoms with E-state index in [4.69, 9.17) is 0 Å². The van der Waals surface area contributed by atoms with Gasteiger partial charge in [-0.15, -0.1) is 11.3 Å². The van der Waals surface area contributed by atoms with Crippen LogP contribution in [-0.2, 0) is 13.0 Å². The van der Waals surface area contributed by atoms with Crippen LogP contribution < -0.4 is 5.32 Å². The van der Waals surface area contributed by atoms with E-state index in [-0.39, 0.29) is 12.1 Å². The van der Waals surface area contributed by atoms with Gasteiger partial charge in [0.15, 0.2) is 0 Å². The highest BCUT2D eigenvalue weighted by molar-refractivity contribution is 7.09. The van der Waals surface area contributed by atoms with Crippen molar-refractivity contribution in [1.82, 2.24) is 15.2 Å². The van der Waals surface area contributed by atoms with E-state index in [1.807, 2.05) is 19.4 Å². The number of rotatable bonds is 6. The minimum absolute atomic E-state index is 0.00280. The Bertz CT molecular complexity index is 664. The molecule has 2 amide bonds. The van der Waals surface area contributed by atoms with Gasteiger partial charge in [-0.3, -0.25) is 0 Å². The summed E-state index contributed by atoms with van der Waals surface area (Å²) < 4.78 is 0. The first-order chi connectivity index (χ1) is 11.4. The molecule has 24 heavy (non-hydrogen) atoms. The average molecular weight is 346 g/mol. The smallest absolute Gasteiger partial charge is 0.317 e. The van der Waals surface area contributed by atoms with Crippen molar-refractivity contribution in [3.8, 4) is 0 Å². The number of nitrogens with one attached hydrogen (secondary N) is 1. The average Bonchev–Trinajstić information content (AvgIpc) is 2.97. The molecule has 0 bridgehead atoms. The van der Waals surface area contributed by atoms with Crippen LogP contribution in [0.3, 0.4) is 0 Å². The summed E-state index contributed by atoms with van der Waals surface area (Å²) in [6.07, 6.45) is 1.02. The Balaban J connectivity index is 2.04. The lowest BCUT2D eigenvalue weighted by atomic mass is 9.95. The normalized spacial score (nSPS) is 12.2. The summed E-state index contributed by atoms with van der Waals surface area (Å²) in [5, 5.41) is 6.19. The number of aryl methyl sites for hydroxylation is 2. The van der Waals surface area contributed by atoms with Gasteiger partial charge in [0, 0.05) is 12.4 Å². The molecule has 0 saturated heterocycles. The molecule has 0 aliphatic rings. The summed E-state index contributed by atoms with van der Waals surface area (Å²) >= 11 is 1.61. The van der Waals surface area contributed by atoms with Gasteiger partial charge in [-0.1, -0.05) is 45.0 Å². The van der Waals surface area contributed by atoms with Crippen molar-refractivity contribution in [2.75, 3.05) is 7.05 Å². The van der Waals surface area contributed by atoms with E-state index in [0.717, 1.165) is 22.7 Å². The van der Waals surface area contributed by atoms with E-state index in [0.29, 0.717) is 12.5 Å². The molecule has 1 atom stereocenters. The highest BCUT2D eigenvalue weighted by Crippen LogP contribution is 2.22. The van der Waals surface area contributed by atoms with Gasteiger partial charge < -0.3 is 10.2 Å². The third kappa shape index (κ3) is 4.81. The van der Waals surface area contributed by atoms with E-state index >= 15 is 0 Å². The zero-order chi connectivity index (χ0) is 17.7. The molecule has 0 radical (unpaired) electrons. The molecule has 5 heteroatoms. The van der Waals surface area contributed by atoms with Crippen LogP contribution >= 0.6 is 11.3 Å². The van der Waals surface area contributed by atoms with Crippen LogP contribution in [0.1, 0.15) is 48.6 Å². The number of aromatic nitrogens is 1. The predicted octanol–water partition coefficient (Wildman–Crippen LogP) is 4.55. The lowest BCUT2D eigenvalue weighted by Gasteiger charge is -2.26. The molecule has 1 aromatic heterocycles. The van der Waals surface area contributed by atoms with Crippen molar-refractivity contribution in [2.45, 2.75) is 46.7 Å². The highest BCUT2D eigenvalue weighted by atomic mass is 32.1. The number of hydrogen-bond donors (Lipinski definition) is 1. The summed E-state index contributed by atoms with van der Waals surface area (Å²) in [4.78, 5) is 18.7. The Morgan fingerprint density at radius 3 is 2.46 bits per heavy atom. The molecule has 0 fully saturated rings. The number of urea groups is 1. The minimum atomic E-state index is -0.0704. The van der Waals surface area contributed by atoms with Crippen molar-refractivity contribution >= 4 is 17.4 Å². The molecule has 130 valence electrons. The number of nitrogens with zero attached hydrogens (tertiary/aromatic N) is 2. The van der Waals surface area contributed by atoms with E-state index in [2.05, 4.69) is 55.3 Å². The summed E-state index contributed by atoms with van der Waals surface area (Å²) in [7, 11) is 1.81. The second-order valence-electron chi connectivity index (χ2n) is 6.48. The van der Waals surface area contributed by atoms with E-state index in [1.165, 1.54) is 5.56 Å². The second-order valence-corrected chi connectivity index (χ2v) is 7.54. The van der Waals surface area contributed by atoms with Gasteiger partial charge in [0.05, 0.1) is 23.3 Å². The van der Waals surface area contributed by atoms with Crippen LogP contribution in [0.2, 0.25) is 0 Å². The van der Waals surface area contributed by atoms with Crippen LogP contribution in [0.25, 0.3) is 0 Å². The molecular formula is C19H27N3OS. The van der Waals surface area contributed by atoms with Gasteiger partial charge in [-0.2, -0.15) is 0 Å². The summed E-state index contributed by atoms with van der Waals surface area (Å²) in [6.45, 7) is 8.90. The number of carbonyl (C=O) groups is 1. The molecule has 1 N–H and O–H groups in total. The highest BCUT2D eigenvalue weighted by Gasteiger charge is 2.20. The van der Waals surface area contributed by atoms with E-state index < -0.39 is 0 Å². The lowest BCUT2D eigenvalue weighted by molar-refractivity contribution is 0.198. The zero-order valence-corrected chi connectivity index (χ0v) is 16.0. The first-order valence-electron chi connectivity index (χ1n) is 8.42. The zero-order valence-electron chi connectivity index (χ0n) is 15.2. The maximum absolute atomic E-state index is 12.6. The van der Waals surface area contributed by atoms with Gasteiger partial charge in [0.1, 0.15) is 0 Å². The van der Waals surface area contributed by atoms with Crippen molar-refractivity contribution in [3.63, 3.8) is 0 Å². The molecule has 1 aromatic carbocycles. The van der Waals surface area contributed by atoms with Gasteiger partial charge in [-0.05, 0) is 30.4 Å². The van der Waals surface area contributed by atoms with Crippen LogP contribution in [-0.4, -0.2) is 23.0 Å². The number of benzene rings is 1. The van der Waals surface area contributed by atoms with Crippen molar-refractivity contribution in [3.05, 3.63) is 51.5 Å². The molecule has 4 nitrogen and oxygen atoms in total. The maximum Gasteiger partial charge on any atom is 0.317 e. The summed E-state index contributed by atoms with van der Waals surface area (Å²) in [5.41, 5.74) is 3.39. The third-order valence-corrected chi connectivity index (χ3v) is 4.93. The fourth-order valence-corrected chi connectivity index (χ4v) is 3.24. The second kappa shape index (κ2) is 8.29. The SMILES string of the molecule is CCc1ccc(C(NC(=O)N(C)Cc2csc(C)n2)C(C)C)cc1. The molecule has 2 rings (SSSR count). The van der Waals surface area contributed by atoms with Crippen molar-refractivity contribution in [1.29, 1.82) is 0 Å². The number of amides is 2. The molecule has 2 aromatic rings. The van der Waals surface area contributed by atoms with Crippen LogP contribution in [0.15, 0.2) is 29.6 Å². The van der Waals surface area contributed by atoms with Crippen LogP contribution in [0.4, 0.5) is 4.79 Å². The van der Waals surface area contributed by atoms with E-state index in [9.17, 15) is 4.79 Å². The third-order valence-electron chi connectivity index (χ3n) is 4.11. The summed E-state index contributed by atoms with van der Waals surface area (Å²) in [5.74, 6) is 0.316. The molecule has 1 heterocycles. The molecule has 1 unspecified atom stereocenters. The van der Waals surface area contributed by atoms with Crippen LogP contribution in [0, 0.1) is 12.8 Å². The topological polar surface area (TPSA) is 45.2 Å². The molecule has 0 aliphatic carbocycles. The minimum Gasteiger partial charge on any atom is -0.331 e. The van der Waals surface area contributed by atoms with Gasteiger partial charge in [-0.25, -0.2) is 9.78 Å². The standard InChI is InChI=1S/C19H27N3OS/c1-6-15-7-9-16(10-8-15)18(13(2)3)21-19(23)22(5)11-17-12-24-14(4)20-17/h7-10,12-13,18H,6,11H2,1-5H3,(H,21,23). The lowest BCUT2D eigenvalue weighted by Crippen LogP contribution is -2.40. The van der Waals surface area contributed by atoms with E-state index in [1.54, 1.807) is 16.2 Å². The Morgan fingerprint density at radius 2 is 1.96 bits per heavy atom. The van der Waals surface area contributed by atoms with Crippen molar-refractivity contribution in [2.24, 2.45) is 5.92 Å². The van der Waals surface area contributed by atoms with Crippen molar-refractivity contribution < 1.29 is 4.79 Å².